The Morgan fingerprint density at radius 3 is 2.93 bits per heavy atom. The third-order valence-corrected chi connectivity index (χ3v) is 2.19. The van der Waals surface area contributed by atoms with Crippen LogP contribution in [0.4, 0.5) is 5.69 Å². The van der Waals surface area contributed by atoms with Gasteiger partial charge in [-0.25, -0.2) is 9.97 Å². The molecule has 0 unspecified atom stereocenters. The predicted molar refractivity (Wildman–Crippen MR) is 55.7 cm³/mol. The smallest absolute Gasteiger partial charge is 0.285 e. The van der Waals surface area contributed by atoms with E-state index in [2.05, 4.69) is 25.9 Å². The van der Waals surface area contributed by atoms with E-state index in [4.69, 9.17) is 0 Å². The zero-order valence-electron chi connectivity index (χ0n) is 7.37. The summed E-state index contributed by atoms with van der Waals surface area (Å²) in [5, 5.41) is 10.8. The summed E-state index contributed by atoms with van der Waals surface area (Å²) in [6, 6.07) is 1.41. The fourth-order valence-electron chi connectivity index (χ4n) is 1.14. The van der Waals surface area contributed by atoms with Crippen LogP contribution in [0.2, 0.25) is 0 Å². The molecule has 0 spiro atoms. The average molecular weight is 269 g/mol. The molecule has 2 heterocycles. The minimum absolute atomic E-state index is 0.0672. The number of hydrogen-bond acceptors (Lipinski definition) is 4. The molecule has 0 atom stereocenters. The van der Waals surface area contributed by atoms with Crippen molar-refractivity contribution < 1.29 is 4.92 Å². The van der Waals surface area contributed by atoms with Crippen LogP contribution in [0.1, 0.15) is 0 Å². The maximum absolute atomic E-state index is 10.8. The van der Waals surface area contributed by atoms with Crippen molar-refractivity contribution in [3.63, 3.8) is 0 Å². The molecule has 0 amide bonds. The van der Waals surface area contributed by atoms with E-state index in [0.29, 0.717) is 4.47 Å². The summed E-state index contributed by atoms with van der Waals surface area (Å²) in [5.41, 5.74) is -0.0672. The second-order valence-corrected chi connectivity index (χ2v) is 3.64. The Balaban J connectivity index is 2.61. The molecule has 0 aliphatic carbocycles. The molecule has 76 valence electrons. The molecule has 2 aromatic rings. The molecule has 0 aliphatic heterocycles. The van der Waals surface area contributed by atoms with Crippen molar-refractivity contribution in [2.45, 2.75) is 0 Å². The van der Waals surface area contributed by atoms with Gasteiger partial charge in [0.25, 0.3) is 0 Å². The first-order valence-corrected chi connectivity index (χ1v) is 4.76. The fourth-order valence-corrected chi connectivity index (χ4v) is 1.46. The van der Waals surface area contributed by atoms with Crippen LogP contribution in [0.25, 0.3) is 5.82 Å². The first-order valence-electron chi connectivity index (χ1n) is 3.97. The van der Waals surface area contributed by atoms with Crippen LogP contribution in [-0.2, 0) is 0 Å². The van der Waals surface area contributed by atoms with Gasteiger partial charge < -0.3 is 0 Å². The third-order valence-electron chi connectivity index (χ3n) is 1.76. The molecule has 15 heavy (non-hydrogen) atoms. The van der Waals surface area contributed by atoms with Crippen molar-refractivity contribution in [2.24, 2.45) is 0 Å². The van der Waals surface area contributed by atoms with E-state index in [1.807, 2.05) is 0 Å². The van der Waals surface area contributed by atoms with E-state index < -0.39 is 4.92 Å². The highest BCUT2D eigenvalue weighted by atomic mass is 79.9. The van der Waals surface area contributed by atoms with Crippen molar-refractivity contribution in [1.29, 1.82) is 0 Å². The zero-order valence-corrected chi connectivity index (χ0v) is 8.96. The lowest BCUT2D eigenvalue weighted by Crippen LogP contribution is -2.00. The van der Waals surface area contributed by atoms with Gasteiger partial charge in [-0.05, 0) is 15.9 Å². The molecule has 0 N–H and O–H groups in total. The maximum Gasteiger partial charge on any atom is 0.313 e. The summed E-state index contributed by atoms with van der Waals surface area (Å²) < 4.78 is 2.06. The van der Waals surface area contributed by atoms with Gasteiger partial charge in [-0.2, -0.15) is 0 Å². The molecule has 0 saturated heterocycles. The van der Waals surface area contributed by atoms with E-state index in [1.54, 1.807) is 6.20 Å². The molecule has 2 rings (SSSR count). The molecule has 0 radical (unpaired) electrons. The van der Waals surface area contributed by atoms with Crippen LogP contribution in [-0.4, -0.2) is 19.5 Å². The maximum atomic E-state index is 10.8. The molecular weight excluding hydrogens is 264 g/mol. The van der Waals surface area contributed by atoms with E-state index in [-0.39, 0.29) is 11.5 Å². The molecule has 0 aromatic carbocycles. The van der Waals surface area contributed by atoms with Crippen LogP contribution in [0.15, 0.2) is 35.5 Å². The third kappa shape index (κ3) is 1.86. The Labute approximate surface area is 92.9 Å². The Bertz CT molecular complexity index is 497. The number of halogens is 1. The van der Waals surface area contributed by atoms with Crippen LogP contribution in [0.3, 0.4) is 0 Å². The van der Waals surface area contributed by atoms with Crippen LogP contribution < -0.4 is 0 Å². The van der Waals surface area contributed by atoms with Crippen molar-refractivity contribution in [1.82, 2.24) is 14.5 Å². The minimum Gasteiger partial charge on any atom is -0.285 e. The topological polar surface area (TPSA) is 73.8 Å². The van der Waals surface area contributed by atoms with E-state index in [9.17, 15) is 10.1 Å². The molecule has 6 nitrogen and oxygen atoms in total. The summed E-state index contributed by atoms with van der Waals surface area (Å²) in [7, 11) is 0. The fraction of sp³-hybridized carbons (Fsp3) is 0. The molecule has 0 saturated carbocycles. The number of hydrogen-bond donors (Lipinski definition) is 0. The SMILES string of the molecule is O=[N+]([O-])c1cc(Br)cnc1-n1ccnc1. The van der Waals surface area contributed by atoms with Crippen LogP contribution >= 0.6 is 15.9 Å². The second-order valence-electron chi connectivity index (χ2n) is 2.72. The lowest BCUT2D eigenvalue weighted by Gasteiger charge is -2.01. The lowest BCUT2D eigenvalue weighted by molar-refractivity contribution is -0.384. The molecule has 0 aliphatic rings. The second kappa shape index (κ2) is 3.77. The van der Waals surface area contributed by atoms with E-state index in [1.165, 1.54) is 29.4 Å². The van der Waals surface area contributed by atoms with E-state index in [0.717, 1.165) is 0 Å². The van der Waals surface area contributed by atoms with Crippen molar-refractivity contribution in [3.8, 4) is 5.82 Å². The average Bonchev–Trinajstić information content (AvgIpc) is 2.70. The number of nitrogens with zero attached hydrogens (tertiary/aromatic N) is 4. The minimum atomic E-state index is -0.479. The summed E-state index contributed by atoms with van der Waals surface area (Å²) in [6.45, 7) is 0. The van der Waals surface area contributed by atoms with Gasteiger partial charge in [-0.15, -0.1) is 0 Å². The largest absolute Gasteiger partial charge is 0.313 e. The Kier molecular flexibility index (Phi) is 2.46. The Hall–Kier alpha value is -1.76. The lowest BCUT2D eigenvalue weighted by atomic mass is 10.4. The van der Waals surface area contributed by atoms with Gasteiger partial charge in [-0.3, -0.25) is 14.7 Å². The highest BCUT2D eigenvalue weighted by Crippen LogP contribution is 2.23. The van der Waals surface area contributed by atoms with E-state index >= 15 is 0 Å². The van der Waals surface area contributed by atoms with Crippen LogP contribution in [0, 0.1) is 10.1 Å². The summed E-state index contributed by atoms with van der Waals surface area (Å²) in [5.74, 6) is 0.251. The van der Waals surface area contributed by atoms with Gasteiger partial charge in [-0.1, -0.05) is 0 Å². The summed E-state index contributed by atoms with van der Waals surface area (Å²) in [6.07, 6.45) is 6.10. The summed E-state index contributed by atoms with van der Waals surface area (Å²) >= 11 is 3.14. The highest BCUT2D eigenvalue weighted by molar-refractivity contribution is 9.10. The van der Waals surface area contributed by atoms with Crippen molar-refractivity contribution >= 4 is 21.6 Å². The predicted octanol–water partition coefficient (Wildman–Crippen LogP) is 1.94. The Morgan fingerprint density at radius 1 is 1.53 bits per heavy atom. The van der Waals surface area contributed by atoms with Crippen molar-refractivity contribution in [2.75, 3.05) is 0 Å². The first-order chi connectivity index (χ1) is 7.18. The van der Waals surface area contributed by atoms with Crippen molar-refractivity contribution in [3.05, 3.63) is 45.6 Å². The summed E-state index contributed by atoms with van der Waals surface area (Å²) in [4.78, 5) is 18.1. The number of rotatable bonds is 2. The highest BCUT2D eigenvalue weighted by Gasteiger charge is 2.16. The molecule has 0 fully saturated rings. The molecule has 2 aromatic heterocycles. The number of aromatic nitrogens is 3. The number of imidazole rings is 1. The van der Waals surface area contributed by atoms with Gasteiger partial charge in [0.05, 0.1) is 4.92 Å². The number of nitro groups is 1. The standard InChI is InChI=1S/C8H5BrN4O2/c9-6-3-7(13(14)15)8(11-4-6)12-2-1-10-5-12/h1-5H. The van der Waals surface area contributed by atoms with Gasteiger partial charge in [0.1, 0.15) is 6.33 Å². The van der Waals surface area contributed by atoms with Gasteiger partial charge in [0.2, 0.25) is 5.82 Å². The quantitative estimate of drug-likeness (QED) is 0.616. The normalized spacial score (nSPS) is 10.2. The van der Waals surface area contributed by atoms with Gasteiger partial charge >= 0.3 is 5.69 Å². The monoisotopic (exact) mass is 268 g/mol. The first kappa shape index (κ1) is 9.78. The molecular formula is C8H5BrN4O2. The Morgan fingerprint density at radius 2 is 2.33 bits per heavy atom. The molecule has 7 heteroatoms. The zero-order chi connectivity index (χ0) is 10.8. The van der Waals surface area contributed by atoms with Gasteiger partial charge in [0.15, 0.2) is 0 Å². The van der Waals surface area contributed by atoms with Crippen LogP contribution in [0.5, 0.6) is 0 Å². The molecule has 0 bridgehead atoms. The number of pyridine rings is 1. The van der Waals surface area contributed by atoms with Gasteiger partial charge in [0, 0.05) is 29.1 Å².